The van der Waals surface area contributed by atoms with Gasteiger partial charge >= 0.3 is 0 Å². The molecule has 0 aliphatic heterocycles. The van der Waals surface area contributed by atoms with Gasteiger partial charge in [-0.2, -0.15) is 0 Å². The highest BCUT2D eigenvalue weighted by Gasteiger charge is 2.14. The fourth-order valence-corrected chi connectivity index (χ4v) is 1.43. The van der Waals surface area contributed by atoms with Gasteiger partial charge in [-0.15, -0.1) is 0 Å². The number of aliphatic hydroxyl groups excluding tert-OH is 1. The minimum atomic E-state index is -2.48. The van der Waals surface area contributed by atoms with Gasteiger partial charge < -0.3 is 15.3 Å². The zero-order chi connectivity index (χ0) is 13.4. The Morgan fingerprint density at radius 2 is 2.22 bits per heavy atom. The Balaban J connectivity index is 2.76. The lowest BCUT2D eigenvalue weighted by atomic mass is 10.4. The highest BCUT2D eigenvalue weighted by Crippen LogP contribution is 2.13. The van der Waals surface area contributed by atoms with Crippen LogP contribution < -0.4 is 10.2 Å². The SMILES string of the molecule is CCCNc1cncc(N(CCO)CC(F)F)n1. The van der Waals surface area contributed by atoms with Crippen molar-refractivity contribution in [1.82, 2.24) is 9.97 Å². The molecule has 0 fully saturated rings. The maximum Gasteiger partial charge on any atom is 0.255 e. The Kier molecular flexibility index (Phi) is 6.27. The van der Waals surface area contributed by atoms with Gasteiger partial charge in [-0.1, -0.05) is 6.92 Å². The first-order valence-corrected chi connectivity index (χ1v) is 5.87. The molecule has 1 heterocycles. The summed E-state index contributed by atoms with van der Waals surface area (Å²) in [6.07, 6.45) is 1.41. The molecule has 0 aromatic carbocycles. The van der Waals surface area contributed by atoms with Crippen molar-refractivity contribution in [2.24, 2.45) is 0 Å². The Hall–Kier alpha value is -1.50. The summed E-state index contributed by atoms with van der Waals surface area (Å²) in [5.74, 6) is 0.886. The molecule has 1 aromatic heterocycles. The molecular formula is C11H18F2N4O. The second-order valence-electron chi connectivity index (χ2n) is 3.75. The van der Waals surface area contributed by atoms with Gasteiger partial charge in [0.1, 0.15) is 11.6 Å². The summed E-state index contributed by atoms with van der Waals surface area (Å²) in [5.41, 5.74) is 0. The quantitative estimate of drug-likeness (QED) is 0.739. The van der Waals surface area contributed by atoms with Gasteiger partial charge in [0.15, 0.2) is 0 Å². The zero-order valence-corrected chi connectivity index (χ0v) is 10.3. The van der Waals surface area contributed by atoms with E-state index in [0.717, 1.165) is 13.0 Å². The van der Waals surface area contributed by atoms with E-state index >= 15 is 0 Å². The number of alkyl halides is 2. The highest BCUT2D eigenvalue weighted by molar-refractivity contribution is 5.43. The Morgan fingerprint density at radius 3 is 2.83 bits per heavy atom. The van der Waals surface area contributed by atoms with E-state index < -0.39 is 13.0 Å². The van der Waals surface area contributed by atoms with Crippen LogP contribution in [0.15, 0.2) is 12.4 Å². The van der Waals surface area contributed by atoms with Crippen LogP contribution in [0.1, 0.15) is 13.3 Å². The molecule has 7 heteroatoms. The minimum absolute atomic E-state index is 0.107. The number of nitrogens with one attached hydrogen (secondary N) is 1. The lowest BCUT2D eigenvalue weighted by molar-refractivity contribution is 0.152. The molecule has 0 aliphatic carbocycles. The van der Waals surface area contributed by atoms with Crippen LogP contribution in [0, 0.1) is 0 Å². The first-order chi connectivity index (χ1) is 8.67. The lowest BCUT2D eigenvalue weighted by Gasteiger charge is -2.22. The van der Waals surface area contributed by atoms with Crippen molar-refractivity contribution in [3.63, 3.8) is 0 Å². The van der Waals surface area contributed by atoms with E-state index in [0.29, 0.717) is 11.6 Å². The molecule has 0 aliphatic rings. The summed E-state index contributed by atoms with van der Waals surface area (Å²) < 4.78 is 24.8. The van der Waals surface area contributed by atoms with E-state index in [4.69, 9.17) is 5.11 Å². The van der Waals surface area contributed by atoms with Gasteiger partial charge in [-0.3, -0.25) is 4.98 Å². The van der Waals surface area contributed by atoms with Crippen LogP contribution in [0.5, 0.6) is 0 Å². The zero-order valence-electron chi connectivity index (χ0n) is 10.3. The third kappa shape index (κ3) is 4.79. The number of aliphatic hydroxyl groups is 1. The standard InChI is InChI=1S/C11H18F2N4O/c1-2-3-15-10-6-14-7-11(16-10)17(4-5-18)8-9(12)13/h6-7,9,18H,2-5,8H2,1H3,(H,15,16). The summed E-state index contributed by atoms with van der Waals surface area (Å²) in [4.78, 5) is 9.46. The van der Waals surface area contributed by atoms with Gasteiger partial charge in [0, 0.05) is 13.1 Å². The van der Waals surface area contributed by atoms with Crippen molar-refractivity contribution in [2.45, 2.75) is 19.8 Å². The fraction of sp³-hybridized carbons (Fsp3) is 0.636. The number of nitrogens with zero attached hydrogens (tertiary/aromatic N) is 3. The van der Waals surface area contributed by atoms with Crippen LogP contribution in [0.4, 0.5) is 20.4 Å². The van der Waals surface area contributed by atoms with Crippen molar-refractivity contribution in [3.8, 4) is 0 Å². The van der Waals surface area contributed by atoms with Crippen LogP contribution in [0.3, 0.4) is 0 Å². The topological polar surface area (TPSA) is 61.3 Å². The molecule has 0 unspecified atom stereocenters. The number of hydrogen-bond donors (Lipinski definition) is 2. The summed E-state index contributed by atoms with van der Waals surface area (Å²) in [6.45, 7) is 2.19. The van der Waals surface area contributed by atoms with Gasteiger partial charge in [0.25, 0.3) is 6.43 Å². The second kappa shape index (κ2) is 7.75. The molecule has 0 amide bonds. The first-order valence-electron chi connectivity index (χ1n) is 5.87. The molecule has 1 aromatic rings. The maximum absolute atomic E-state index is 12.4. The van der Waals surface area contributed by atoms with Crippen LogP contribution in [-0.4, -0.2) is 47.7 Å². The average molecular weight is 260 g/mol. The molecule has 102 valence electrons. The fourth-order valence-electron chi connectivity index (χ4n) is 1.43. The lowest BCUT2D eigenvalue weighted by Crippen LogP contribution is -2.32. The molecule has 0 saturated heterocycles. The summed E-state index contributed by atoms with van der Waals surface area (Å²) in [7, 11) is 0. The summed E-state index contributed by atoms with van der Waals surface area (Å²) >= 11 is 0. The van der Waals surface area contributed by atoms with Crippen LogP contribution in [0.2, 0.25) is 0 Å². The Morgan fingerprint density at radius 1 is 1.44 bits per heavy atom. The molecular weight excluding hydrogens is 242 g/mol. The molecule has 1 rings (SSSR count). The predicted octanol–water partition coefficient (Wildman–Crippen LogP) is 1.36. The molecule has 0 bridgehead atoms. The average Bonchev–Trinajstić information content (AvgIpc) is 2.36. The number of aromatic nitrogens is 2. The summed E-state index contributed by atoms with van der Waals surface area (Å²) in [5, 5.41) is 11.9. The predicted molar refractivity (Wildman–Crippen MR) is 66.1 cm³/mol. The van der Waals surface area contributed by atoms with Gasteiger partial charge in [0.05, 0.1) is 25.5 Å². The van der Waals surface area contributed by atoms with E-state index in [1.807, 2.05) is 6.92 Å². The first kappa shape index (κ1) is 14.6. The monoisotopic (exact) mass is 260 g/mol. The van der Waals surface area contributed by atoms with Crippen LogP contribution in [0.25, 0.3) is 0 Å². The van der Waals surface area contributed by atoms with Gasteiger partial charge in [-0.05, 0) is 6.42 Å². The van der Waals surface area contributed by atoms with E-state index in [1.165, 1.54) is 11.1 Å². The Labute approximate surface area is 105 Å². The van der Waals surface area contributed by atoms with Crippen molar-refractivity contribution >= 4 is 11.6 Å². The number of hydrogen-bond acceptors (Lipinski definition) is 5. The largest absolute Gasteiger partial charge is 0.395 e. The molecule has 0 atom stereocenters. The molecule has 2 N–H and O–H groups in total. The van der Waals surface area contributed by atoms with Crippen molar-refractivity contribution < 1.29 is 13.9 Å². The second-order valence-corrected chi connectivity index (χ2v) is 3.75. The molecule has 18 heavy (non-hydrogen) atoms. The molecule has 5 nitrogen and oxygen atoms in total. The third-order valence-corrected chi connectivity index (χ3v) is 2.23. The van der Waals surface area contributed by atoms with E-state index in [2.05, 4.69) is 15.3 Å². The van der Waals surface area contributed by atoms with E-state index in [-0.39, 0.29) is 13.2 Å². The van der Waals surface area contributed by atoms with Crippen molar-refractivity contribution in [3.05, 3.63) is 12.4 Å². The van der Waals surface area contributed by atoms with Gasteiger partial charge in [-0.25, -0.2) is 13.8 Å². The van der Waals surface area contributed by atoms with Crippen LogP contribution >= 0.6 is 0 Å². The highest BCUT2D eigenvalue weighted by atomic mass is 19.3. The third-order valence-electron chi connectivity index (χ3n) is 2.23. The van der Waals surface area contributed by atoms with E-state index in [1.54, 1.807) is 6.20 Å². The molecule has 0 radical (unpaired) electrons. The molecule has 0 saturated carbocycles. The number of anilines is 2. The smallest absolute Gasteiger partial charge is 0.255 e. The van der Waals surface area contributed by atoms with Gasteiger partial charge in [0.2, 0.25) is 0 Å². The minimum Gasteiger partial charge on any atom is -0.395 e. The van der Waals surface area contributed by atoms with Crippen molar-refractivity contribution in [1.29, 1.82) is 0 Å². The van der Waals surface area contributed by atoms with E-state index in [9.17, 15) is 8.78 Å². The van der Waals surface area contributed by atoms with Crippen molar-refractivity contribution in [2.75, 3.05) is 36.5 Å². The normalized spacial score (nSPS) is 10.7. The number of halogens is 2. The molecule has 0 spiro atoms. The number of rotatable bonds is 8. The summed E-state index contributed by atoms with van der Waals surface area (Å²) in [6, 6.07) is 0. The van der Waals surface area contributed by atoms with Crippen LogP contribution in [-0.2, 0) is 0 Å². The maximum atomic E-state index is 12.4. The Bertz CT molecular complexity index is 352.